The van der Waals surface area contributed by atoms with Crippen LogP contribution < -0.4 is 0 Å². The molecule has 178 valence electrons. The summed E-state index contributed by atoms with van der Waals surface area (Å²) in [5.41, 5.74) is 1.21. The van der Waals surface area contributed by atoms with E-state index < -0.39 is 18.6 Å². The van der Waals surface area contributed by atoms with Crippen LogP contribution in [0.2, 0.25) is 0 Å². The van der Waals surface area contributed by atoms with Crippen LogP contribution >= 0.6 is 7.26 Å². The maximum absolute atomic E-state index is 13.0. The third-order valence-electron chi connectivity index (χ3n) is 5.43. The van der Waals surface area contributed by atoms with E-state index in [2.05, 4.69) is 32.1 Å². The van der Waals surface area contributed by atoms with Crippen LogP contribution in [0, 0.1) is 11.3 Å². The second-order valence-corrected chi connectivity index (χ2v) is 15.6. The van der Waals surface area contributed by atoms with Gasteiger partial charge in [0, 0.05) is 0 Å². The predicted molar refractivity (Wildman–Crippen MR) is 130 cm³/mol. The molecule has 0 aliphatic carbocycles. The first-order valence-corrected chi connectivity index (χ1v) is 15.1. The van der Waals surface area contributed by atoms with Gasteiger partial charge in [0.1, 0.15) is 0 Å². The van der Waals surface area contributed by atoms with E-state index in [1.807, 2.05) is 39.8 Å². The van der Waals surface area contributed by atoms with E-state index >= 15 is 0 Å². The second kappa shape index (κ2) is 12.6. The Morgan fingerprint density at radius 1 is 0.935 bits per heavy atom. The molecule has 1 aromatic carbocycles. The third kappa shape index (κ3) is 10.1. The first kappa shape index (κ1) is 27.6. The van der Waals surface area contributed by atoms with Crippen molar-refractivity contribution in [1.29, 1.82) is 0 Å². The summed E-state index contributed by atoms with van der Waals surface area (Å²) in [5, 5.41) is 0. The van der Waals surface area contributed by atoms with Crippen molar-refractivity contribution in [3.63, 3.8) is 0 Å². The van der Waals surface area contributed by atoms with Gasteiger partial charge >= 0.3 is 138 Å². The normalized spacial score (nSPS) is 16.1. The molecule has 0 aromatic heterocycles. The monoisotopic (exact) mass is 454 g/mol. The number of hydrogen-bond donors (Lipinski definition) is 0. The molecule has 0 fully saturated rings. The molecule has 0 radical (unpaired) electrons. The van der Waals surface area contributed by atoms with Gasteiger partial charge in [0.25, 0.3) is 0 Å². The van der Waals surface area contributed by atoms with Crippen LogP contribution in [0.5, 0.6) is 0 Å². The summed E-state index contributed by atoms with van der Waals surface area (Å²) in [7, 11) is -1.17. The van der Waals surface area contributed by atoms with Crippen molar-refractivity contribution < 1.29 is 23.8 Å². The zero-order chi connectivity index (χ0) is 23.7. The van der Waals surface area contributed by atoms with Crippen molar-refractivity contribution in [2.75, 3.05) is 33.2 Å². The summed E-state index contributed by atoms with van der Waals surface area (Å²) in [6.07, 6.45) is 2.66. The van der Waals surface area contributed by atoms with E-state index in [1.54, 1.807) is 6.92 Å². The molecule has 31 heavy (non-hydrogen) atoms. The fraction of sp³-hybridized carbons (Fsp3) is 0.680. The number of esters is 2. The van der Waals surface area contributed by atoms with Crippen molar-refractivity contribution in [3.8, 4) is 0 Å². The Bertz CT molecular complexity index is 695. The van der Waals surface area contributed by atoms with Gasteiger partial charge in [-0.15, -0.1) is 0 Å². The molecule has 0 saturated heterocycles. The Labute approximate surface area is 189 Å². The first-order valence-electron chi connectivity index (χ1n) is 11.4. The first-order chi connectivity index (χ1) is 14.4. The molecule has 0 amide bonds. The number of ether oxygens (including phenoxy) is 3. The zero-order valence-corrected chi connectivity index (χ0v) is 21.7. The molecule has 3 atom stereocenters. The standard InChI is InChI=1S/C25H43O5P/c1-9-19(3)23(26)30-18-25(5,17-29-20(4)10-2)24(27)28-15-21-11-13-22(14-12-21)16-31(6,7)8/h11-14,19-20,31H,9-10,15-18H2,1-8H3. The van der Waals surface area contributed by atoms with Gasteiger partial charge in [-0.2, -0.15) is 0 Å². The van der Waals surface area contributed by atoms with Crippen molar-refractivity contribution >= 4 is 19.2 Å². The quantitative estimate of drug-likeness (QED) is 0.300. The summed E-state index contributed by atoms with van der Waals surface area (Å²) < 4.78 is 16.9. The predicted octanol–water partition coefficient (Wildman–Crippen LogP) is 5.28. The van der Waals surface area contributed by atoms with Gasteiger partial charge in [-0.1, -0.05) is 20.8 Å². The van der Waals surface area contributed by atoms with Crippen LogP contribution in [0.15, 0.2) is 24.3 Å². The molecule has 3 unspecified atom stereocenters. The van der Waals surface area contributed by atoms with Crippen LogP contribution in [0.1, 0.15) is 58.6 Å². The van der Waals surface area contributed by atoms with Gasteiger partial charge < -0.3 is 0 Å². The SMILES string of the molecule is CCC(C)OCC(C)(COC(=O)C(C)CC)C(=O)OCc1ccc(C[PH](C)(C)C)cc1. The van der Waals surface area contributed by atoms with Crippen LogP contribution in [-0.4, -0.2) is 51.3 Å². The summed E-state index contributed by atoms with van der Waals surface area (Å²) >= 11 is 0. The fourth-order valence-corrected chi connectivity index (χ4v) is 4.29. The maximum atomic E-state index is 13.0. The molecule has 0 heterocycles. The van der Waals surface area contributed by atoms with Crippen LogP contribution in [0.4, 0.5) is 0 Å². The van der Waals surface area contributed by atoms with Gasteiger partial charge in [0.05, 0.1) is 5.92 Å². The number of hydrogen-bond acceptors (Lipinski definition) is 5. The van der Waals surface area contributed by atoms with E-state index in [-0.39, 0.29) is 37.8 Å². The molecule has 0 bridgehead atoms. The zero-order valence-electron chi connectivity index (χ0n) is 20.7. The van der Waals surface area contributed by atoms with Crippen LogP contribution in [0.25, 0.3) is 0 Å². The number of carbonyl (C=O) groups excluding carboxylic acids is 2. The van der Waals surface area contributed by atoms with Crippen LogP contribution in [-0.2, 0) is 36.6 Å². The Kier molecular flexibility index (Phi) is 11.2. The van der Waals surface area contributed by atoms with Gasteiger partial charge in [0.15, 0.2) is 0 Å². The Hall–Kier alpha value is -1.45. The van der Waals surface area contributed by atoms with Gasteiger partial charge in [0.2, 0.25) is 0 Å². The molecule has 1 aromatic rings. The number of carbonyl (C=O) groups is 2. The Balaban J connectivity index is 2.78. The van der Waals surface area contributed by atoms with E-state index in [0.717, 1.165) is 18.1 Å². The molecular formula is C25H43O5P. The molecule has 0 saturated carbocycles. The second-order valence-electron chi connectivity index (χ2n) is 10.1. The minimum absolute atomic E-state index is 0.0105. The van der Waals surface area contributed by atoms with E-state index in [4.69, 9.17) is 14.2 Å². The van der Waals surface area contributed by atoms with Crippen molar-refractivity contribution in [3.05, 3.63) is 35.4 Å². The van der Waals surface area contributed by atoms with Gasteiger partial charge in [-0.05, 0) is 19.8 Å². The van der Waals surface area contributed by atoms with Crippen molar-refractivity contribution in [1.82, 2.24) is 0 Å². The molecule has 0 N–H and O–H groups in total. The van der Waals surface area contributed by atoms with E-state index in [9.17, 15) is 9.59 Å². The summed E-state index contributed by atoms with van der Waals surface area (Å²) in [6.45, 7) is 16.8. The van der Waals surface area contributed by atoms with Crippen molar-refractivity contribution in [2.24, 2.45) is 11.3 Å². The van der Waals surface area contributed by atoms with Gasteiger partial charge in [-0.3, -0.25) is 4.79 Å². The molecule has 5 nitrogen and oxygen atoms in total. The van der Waals surface area contributed by atoms with E-state index in [0.29, 0.717) is 6.42 Å². The topological polar surface area (TPSA) is 61.8 Å². The molecule has 0 spiro atoms. The van der Waals surface area contributed by atoms with Gasteiger partial charge in [-0.25, -0.2) is 0 Å². The molecular weight excluding hydrogens is 411 g/mol. The minimum atomic E-state index is -1.17. The molecule has 6 heteroatoms. The number of rotatable bonds is 13. The Morgan fingerprint density at radius 3 is 2.03 bits per heavy atom. The molecule has 0 aliphatic rings. The van der Waals surface area contributed by atoms with Crippen molar-refractivity contribution in [2.45, 2.75) is 66.3 Å². The van der Waals surface area contributed by atoms with E-state index in [1.165, 1.54) is 5.56 Å². The molecule has 0 aliphatic heterocycles. The summed E-state index contributed by atoms with van der Waals surface area (Å²) in [5.74, 6) is -0.924. The average molecular weight is 455 g/mol. The molecule has 1 rings (SSSR count). The third-order valence-corrected chi connectivity index (χ3v) is 6.90. The Morgan fingerprint density at radius 2 is 1.52 bits per heavy atom. The summed E-state index contributed by atoms with van der Waals surface area (Å²) in [4.78, 5) is 25.1. The summed E-state index contributed by atoms with van der Waals surface area (Å²) in [6, 6.07) is 8.25. The fourth-order valence-electron chi connectivity index (χ4n) is 2.83. The van der Waals surface area contributed by atoms with Crippen LogP contribution in [0.3, 0.4) is 0 Å². The number of benzene rings is 1. The average Bonchev–Trinajstić information content (AvgIpc) is 2.73.